The predicted molar refractivity (Wildman–Crippen MR) is 47.0 cm³/mol. The van der Waals surface area contributed by atoms with Gasteiger partial charge in [0.1, 0.15) is 0 Å². The molecule has 2 rings (SSSR count). The molecule has 0 N–H and O–H groups in total. The molecule has 0 radical (unpaired) electrons. The van der Waals surface area contributed by atoms with Gasteiger partial charge < -0.3 is 0 Å². The molecule has 2 fully saturated rings. The molecule has 0 aromatic carbocycles. The van der Waals surface area contributed by atoms with Gasteiger partial charge in [-0.1, -0.05) is 19.8 Å². The first-order valence-corrected chi connectivity index (χ1v) is 4.60. The minimum Gasteiger partial charge on any atom is -0.120 e. The van der Waals surface area contributed by atoms with Gasteiger partial charge in [0, 0.05) is 5.41 Å². The van der Waals surface area contributed by atoms with Crippen molar-refractivity contribution in [3.05, 3.63) is 0 Å². The summed E-state index contributed by atoms with van der Waals surface area (Å²) in [5.74, 6) is 3.69. The molecule has 0 aromatic heterocycles. The van der Waals surface area contributed by atoms with Crippen LogP contribution in [0.3, 0.4) is 0 Å². The molecule has 2 aliphatic rings. The second-order valence-electron chi connectivity index (χ2n) is 4.81. The van der Waals surface area contributed by atoms with E-state index in [1.165, 1.54) is 25.7 Å². The van der Waals surface area contributed by atoms with E-state index >= 15 is 0 Å². The molecular formula is C11H16. The van der Waals surface area contributed by atoms with E-state index in [0.717, 1.165) is 5.41 Å². The van der Waals surface area contributed by atoms with Crippen LogP contribution < -0.4 is 0 Å². The summed E-state index contributed by atoms with van der Waals surface area (Å²) in [5, 5.41) is 0. The molecule has 0 heteroatoms. The zero-order valence-electron chi connectivity index (χ0n) is 7.48. The van der Waals surface area contributed by atoms with Crippen LogP contribution in [0.25, 0.3) is 0 Å². The van der Waals surface area contributed by atoms with Crippen LogP contribution in [0, 0.1) is 29.1 Å². The number of terminal acetylenes is 1. The van der Waals surface area contributed by atoms with E-state index < -0.39 is 0 Å². The van der Waals surface area contributed by atoms with Gasteiger partial charge in [-0.2, -0.15) is 0 Å². The van der Waals surface area contributed by atoms with Crippen molar-refractivity contribution in [3.63, 3.8) is 0 Å². The van der Waals surface area contributed by atoms with Crippen LogP contribution in [0.2, 0.25) is 0 Å². The molecular weight excluding hydrogens is 132 g/mol. The second-order valence-corrected chi connectivity index (χ2v) is 4.81. The Morgan fingerprint density at radius 2 is 1.82 bits per heavy atom. The number of hydrogen-bond acceptors (Lipinski definition) is 0. The van der Waals surface area contributed by atoms with Crippen molar-refractivity contribution in [2.24, 2.45) is 16.7 Å². The Kier molecular flexibility index (Phi) is 1.20. The molecule has 60 valence electrons. The minimum absolute atomic E-state index is 0.288. The van der Waals surface area contributed by atoms with Crippen LogP contribution in [0.1, 0.15) is 39.5 Å². The lowest BCUT2D eigenvalue weighted by Crippen LogP contribution is -2.41. The average Bonchev–Trinajstić information content (AvgIpc) is 2.61. The smallest absolute Gasteiger partial charge is 0.0345 e. The molecule has 0 atom stereocenters. The van der Waals surface area contributed by atoms with E-state index in [1.807, 2.05) is 0 Å². The Balaban J connectivity index is 2.07. The summed E-state index contributed by atoms with van der Waals surface area (Å²) in [5.41, 5.74) is 1.03. The van der Waals surface area contributed by atoms with Gasteiger partial charge in [-0.3, -0.25) is 0 Å². The molecule has 0 aliphatic heterocycles. The number of hydrogen-bond donors (Lipinski definition) is 0. The van der Waals surface area contributed by atoms with Crippen LogP contribution in [0.4, 0.5) is 0 Å². The van der Waals surface area contributed by atoms with Crippen molar-refractivity contribution in [3.8, 4) is 12.3 Å². The van der Waals surface area contributed by atoms with Gasteiger partial charge in [0.15, 0.2) is 0 Å². The highest BCUT2D eigenvalue weighted by Gasteiger charge is 2.61. The van der Waals surface area contributed by atoms with E-state index in [-0.39, 0.29) is 5.41 Å². The summed E-state index contributed by atoms with van der Waals surface area (Å²) < 4.78 is 0. The van der Waals surface area contributed by atoms with Crippen LogP contribution in [-0.4, -0.2) is 0 Å². The molecule has 0 amide bonds. The molecule has 2 saturated carbocycles. The summed E-state index contributed by atoms with van der Waals surface area (Å²) in [7, 11) is 0. The SMILES string of the molecule is C#CC1(C(C)C)CC2(CC2)C1. The van der Waals surface area contributed by atoms with Gasteiger partial charge in [0.25, 0.3) is 0 Å². The summed E-state index contributed by atoms with van der Waals surface area (Å²) in [6, 6.07) is 0. The van der Waals surface area contributed by atoms with E-state index in [4.69, 9.17) is 6.42 Å². The van der Waals surface area contributed by atoms with Crippen LogP contribution in [-0.2, 0) is 0 Å². The van der Waals surface area contributed by atoms with Gasteiger partial charge in [0.2, 0.25) is 0 Å². The highest BCUT2D eigenvalue weighted by atomic mass is 14.6. The Hall–Kier alpha value is -0.440. The standard InChI is InChI=1S/C11H16/c1-4-11(9(2)3)7-10(8-11)5-6-10/h1,9H,5-8H2,2-3H3. The Bertz CT molecular complexity index is 205. The molecule has 11 heavy (non-hydrogen) atoms. The monoisotopic (exact) mass is 148 g/mol. The zero-order chi connectivity index (χ0) is 8.11. The molecule has 2 aliphatic carbocycles. The fourth-order valence-electron chi connectivity index (χ4n) is 2.49. The number of rotatable bonds is 1. The van der Waals surface area contributed by atoms with Gasteiger partial charge in [0.05, 0.1) is 0 Å². The zero-order valence-corrected chi connectivity index (χ0v) is 7.48. The van der Waals surface area contributed by atoms with Crippen LogP contribution in [0.15, 0.2) is 0 Å². The predicted octanol–water partition coefficient (Wildman–Crippen LogP) is 2.84. The Morgan fingerprint density at radius 3 is 2.09 bits per heavy atom. The minimum atomic E-state index is 0.288. The third-order valence-corrected chi connectivity index (χ3v) is 3.73. The van der Waals surface area contributed by atoms with Crippen molar-refractivity contribution in [2.45, 2.75) is 39.5 Å². The summed E-state index contributed by atoms with van der Waals surface area (Å²) >= 11 is 0. The topological polar surface area (TPSA) is 0 Å². The average molecular weight is 148 g/mol. The third-order valence-electron chi connectivity index (χ3n) is 3.73. The first-order valence-electron chi connectivity index (χ1n) is 4.60. The maximum atomic E-state index is 5.57. The van der Waals surface area contributed by atoms with Crippen molar-refractivity contribution >= 4 is 0 Å². The fraction of sp³-hybridized carbons (Fsp3) is 0.818. The molecule has 0 nitrogen and oxygen atoms in total. The lowest BCUT2D eigenvalue weighted by molar-refractivity contribution is 0.0489. The van der Waals surface area contributed by atoms with Crippen LogP contribution >= 0.6 is 0 Å². The maximum Gasteiger partial charge on any atom is 0.0345 e. The Labute approximate surface area is 69.4 Å². The van der Waals surface area contributed by atoms with E-state index in [1.54, 1.807) is 0 Å². The summed E-state index contributed by atoms with van der Waals surface area (Å²) in [4.78, 5) is 0. The Morgan fingerprint density at radius 1 is 1.27 bits per heavy atom. The molecule has 0 heterocycles. The van der Waals surface area contributed by atoms with Crippen molar-refractivity contribution in [2.75, 3.05) is 0 Å². The lowest BCUT2D eigenvalue weighted by atomic mass is 9.55. The van der Waals surface area contributed by atoms with E-state index in [9.17, 15) is 0 Å². The van der Waals surface area contributed by atoms with Crippen molar-refractivity contribution < 1.29 is 0 Å². The first-order chi connectivity index (χ1) is 5.13. The molecule has 0 aromatic rings. The van der Waals surface area contributed by atoms with E-state index in [2.05, 4.69) is 19.8 Å². The normalized spacial score (nSPS) is 29.6. The van der Waals surface area contributed by atoms with E-state index in [0.29, 0.717) is 5.92 Å². The fourth-order valence-corrected chi connectivity index (χ4v) is 2.49. The molecule has 0 unspecified atom stereocenters. The third kappa shape index (κ3) is 0.836. The van der Waals surface area contributed by atoms with Gasteiger partial charge in [-0.25, -0.2) is 0 Å². The van der Waals surface area contributed by atoms with Gasteiger partial charge in [-0.05, 0) is 37.0 Å². The first kappa shape index (κ1) is 7.22. The molecule has 0 bridgehead atoms. The lowest BCUT2D eigenvalue weighted by Gasteiger charge is -2.48. The van der Waals surface area contributed by atoms with Crippen molar-refractivity contribution in [1.29, 1.82) is 0 Å². The summed E-state index contributed by atoms with van der Waals surface area (Å²) in [6.45, 7) is 4.52. The maximum absolute atomic E-state index is 5.57. The van der Waals surface area contributed by atoms with Crippen LogP contribution in [0.5, 0.6) is 0 Å². The quantitative estimate of drug-likeness (QED) is 0.502. The van der Waals surface area contributed by atoms with Crippen molar-refractivity contribution in [1.82, 2.24) is 0 Å². The van der Waals surface area contributed by atoms with Gasteiger partial charge >= 0.3 is 0 Å². The molecule has 1 spiro atoms. The highest BCUT2D eigenvalue weighted by molar-refractivity contribution is 5.22. The summed E-state index contributed by atoms with van der Waals surface area (Å²) in [6.07, 6.45) is 11.1. The largest absolute Gasteiger partial charge is 0.120 e. The van der Waals surface area contributed by atoms with Gasteiger partial charge in [-0.15, -0.1) is 6.42 Å². The molecule has 0 saturated heterocycles. The highest BCUT2D eigenvalue weighted by Crippen LogP contribution is 2.70. The second kappa shape index (κ2) is 1.83.